The van der Waals surface area contributed by atoms with Crippen LogP contribution in [0.1, 0.15) is 30.2 Å². The van der Waals surface area contributed by atoms with Crippen LogP contribution in [-0.4, -0.2) is 53.0 Å². The van der Waals surface area contributed by atoms with Gasteiger partial charge in [0.2, 0.25) is 11.8 Å². The molecule has 3 rings (SSSR count). The molecule has 1 aliphatic rings. The van der Waals surface area contributed by atoms with Crippen molar-refractivity contribution >= 4 is 41.0 Å². The molecule has 1 atom stereocenters. The smallest absolute Gasteiger partial charge is 0.235 e. The summed E-state index contributed by atoms with van der Waals surface area (Å²) in [5, 5.41) is 10.1. The van der Waals surface area contributed by atoms with Crippen LogP contribution in [0.4, 0.5) is 5.82 Å². The van der Waals surface area contributed by atoms with Crippen LogP contribution >= 0.6 is 23.4 Å². The molecule has 9 heteroatoms. The zero-order valence-electron chi connectivity index (χ0n) is 16.3. The Morgan fingerprint density at radius 1 is 1.24 bits per heavy atom. The van der Waals surface area contributed by atoms with Crippen molar-refractivity contribution in [2.45, 2.75) is 25.8 Å². The zero-order valence-corrected chi connectivity index (χ0v) is 17.9. The Balaban J connectivity index is 1.45. The van der Waals surface area contributed by atoms with E-state index in [2.05, 4.69) is 20.7 Å². The maximum absolute atomic E-state index is 12.3. The molecule has 1 fully saturated rings. The van der Waals surface area contributed by atoms with Crippen LogP contribution in [0.3, 0.4) is 0 Å². The first kappa shape index (κ1) is 21.7. The summed E-state index contributed by atoms with van der Waals surface area (Å²) in [5.41, 5.74) is 1.03. The number of nitrogens with one attached hydrogen (secondary N) is 2. The van der Waals surface area contributed by atoms with Crippen LogP contribution in [0.15, 0.2) is 34.9 Å². The molecule has 2 amide bonds. The molecular formula is C20H25ClN4O3S. The number of aryl methyl sites for hydroxylation is 1. The summed E-state index contributed by atoms with van der Waals surface area (Å²) in [6, 6.07) is 9.47. The molecule has 1 aromatic carbocycles. The number of anilines is 1. The Labute approximate surface area is 179 Å². The minimum atomic E-state index is -0.220. The summed E-state index contributed by atoms with van der Waals surface area (Å²) < 4.78 is 4.90. The van der Waals surface area contributed by atoms with Gasteiger partial charge in [0.25, 0.3) is 0 Å². The van der Waals surface area contributed by atoms with Gasteiger partial charge in [0, 0.05) is 17.6 Å². The summed E-state index contributed by atoms with van der Waals surface area (Å²) in [6.45, 7) is 4.25. The van der Waals surface area contributed by atoms with Crippen molar-refractivity contribution in [3.05, 3.63) is 46.7 Å². The van der Waals surface area contributed by atoms with Crippen LogP contribution in [0.2, 0.25) is 5.02 Å². The van der Waals surface area contributed by atoms with E-state index in [1.165, 1.54) is 11.8 Å². The van der Waals surface area contributed by atoms with Crippen LogP contribution in [0, 0.1) is 6.92 Å². The quantitative estimate of drug-likeness (QED) is 0.627. The Kier molecular flexibility index (Phi) is 7.97. The summed E-state index contributed by atoms with van der Waals surface area (Å²) in [4.78, 5) is 26.5. The maximum Gasteiger partial charge on any atom is 0.235 e. The Hall–Kier alpha value is -2.03. The predicted molar refractivity (Wildman–Crippen MR) is 115 cm³/mol. The lowest BCUT2D eigenvalue weighted by molar-refractivity contribution is -0.118. The van der Waals surface area contributed by atoms with E-state index < -0.39 is 0 Å². The molecule has 0 spiro atoms. The lowest BCUT2D eigenvalue weighted by atomic mass is 10.1. The molecule has 0 aliphatic carbocycles. The number of thioether (sulfide) groups is 1. The topological polar surface area (TPSA) is 87.5 Å². The first-order chi connectivity index (χ1) is 14.0. The number of halogens is 1. The van der Waals surface area contributed by atoms with Gasteiger partial charge < -0.3 is 15.2 Å². The second-order valence-corrected chi connectivity index (χ2v) is 8.34. The number of hydrogen-bond acceptors (Lipinski definition) is 6. The average molecular weight is 437 g/mol. The number of aromatic nitrogens is 1. The van der Waals surface area contributed by atoms with Crippen molar-refractivity contribution in [1.29, 1.82) is 0 Å². The van der Waals surface area contributed by atoms with E-state index >= 15 is 0 Å². The number of likely N-dealkylation sites (tertiary alicyclic amines) is 1. The second kappa shape index (κ2) is 10.7. The highest BCUT2D eigenvalue weighted by Crippen LogP contribution is 2.29. The fraction of sp³-hybridized carbons (Fsp3) is 0.450. The van der Waals surface area contributed by atoms with Crippen LogP contribution in [0.25, 0.3) is 0 Å². The fourth-order valence-electron chi connectivity index (χ4n) is 3.34. The maximum atomic E-state index is 12.3. The molecule has 29 heavy (non-hydrogen) atoms. The monoisotopic (exact) mass is 436 g/mol. The molecule has 0 radical (unpaired) electrons. The van der Waals surface area contributed by atoms with Crippen LogP contribution in [0.5, 0.6) is 0 Å². The van der Waals surface area contributed by atoms with Gasteiger partial charge in [-0.2, -0.15) is 0 Å². The lowest BCUT2D eigenvalue weighted by Crippen LogP contribution is -2.37. The Morgan fingerprint density at radius 3 is 2.66 bits per heavy atom. The van der Waals surface area contributed by atoms with Crippen LogP contribution in [-0.2, 0) is 9.59 Å². The number of benzene rings is 1. The standard InChI is InChI=1S/C20H25ClN4O3S/c1-14-10-18(24-28-14)23-20(27)13-29-12-19(26)22-11-17(25-8-4-5-9-25)15-6-2-3-7-16(15)21/h2-3,6-7,10,17H,4-5,8-9,11-13H2,1H3,(H,22,26)(H,23,24,27). The highest BCUT2D eigenvalue weighted by molar-refractivity contribution is 8.00. The molecule has 0 bridgehead atoms. The first-order valence-corrected chi connectivity index (χ1v) is 11.1. The summed E-state index contributed by atoms with van der Waals surface area (Å²) in [6.07, 6.45) is 2.32. The normalized spacial score (nSPS) is 15.2. The average Bonchev–Trinajstić information content (AvgIpc) is 3.35. The number of amides is 2. The van der Waals surface area contributed by atoms with Gasteiger partial charge in [-0.05, 0) is 44.5 Å². The van der Waals surface area contributed by atoms with Gasteiger partial charge in [-0.3, -0.25) is 14.5 Å². The third-order valence-corrected chi connectivity index (χ3v) is 5.98. The van der Waals surface area contributed by atoms with Gasteiger partial charge >= 0.3 is 0 Å². The molecule has 0 saturated carbocycles. The second-order valence-electron chi connectivity index (χ2n) is 6.95. The van der Waals surface area contributed by atoms with Crippen LogP contribution < -0.4 is 10.6 Å². The van der Waals surface area contributed by atoms with Gasteiger partial charge in [0.1, 0.15) is 5.76 Å². The molecule has 156 valence electrons. The van der Waals surface area contributed by atoms with E-state index in [1.54, 1.807) is 13.0 Å². The van der Waals surface area contributed by atoms with Crippen molar-refractivity contribution < 1.29 is 14.1 Å². The van der Waals surface area contributed by atoms with E-state index in [1.807, 2.05) is 24.3 Å². The number of nitrogens with zero attached hydrogens (tertiary/aromatic N) is 2. The lowest BCUT2D eigenvalue weighted by Gasteiger charge is -2.29. The molecule has 1 saturated heterocycles. The minimum Gasteiger partial charge on any atom is -0.360 e. The molecule has 1 aromatic heterocycles. The molecule has 1 aliphatic heterocycles. The van der Waals surface area contributed by atoms with Crippen molar-refractivity contribution in [3.63, 3.8) is 0 Å². The van der Waals surface area contributed by atoms with Gasteiger partial charge in [-0.25, -0.2) is 0 Å². The molecule has 2 N–H and O–H groups in total. The predicted octanol–water partition coefficient (Wildman–Crippen LogP) is 3.26. The third-order valence-electron chi connectivity index (χ3n) is 4.70. The first-order valence-electron chi connectivity index (χ1n) is 9.59. The van der Waals surface area contributed by atoms with E-state index in [9.17, 15) is 9.59 Å². The highest BCUT2D eigenvalue weighted by Gasteiger charge is 2.25. The molecular weight excluding hydrogens is 412 g/mol. The molecule has 7 nitrogen and oxygen atoms in total. The number of hydrogen-bond donors (Lipinski definition) is 2. The van der Waals surface area contributed by atoms with E-state index in [-0.39, 0.29) is 29.4 Å². The molecule has 2 aromatic rings. The number of carbonyl (C=O) groups excluding carboxylic acids is 2. The zero-order chi connectivity index (χ0) is 20.6. The SMILES string of the molecule is Cc1cc(NC(=O)CSCC(=O)NCC(c2ccccc2Cl)N2CCCC2)no1. The van der Waals surface area contributed by atoms with Crippen molar-refractivity contribution in [2.75, 3.05) is 36.5 Å². The van der Waals surface area contributed by atoms with Gasteiger partial charge in [0.05, 0.1) is 17.5 Å². The van der Waals surface area contributed by atoms with E-state index in [0.717, 1.165) is 31.5 Å². The van der Waals surface area contributed by atoms with Gasteiger partial charge in [0.15, 0.2) is 5.82 Å². The molecule has 1 unspecified atom stereocenters. The van der Waals surface area contributed by atoms with Gasteiger partial charge in [-0.15, -0.1) is 11.8 Å². The number of rotatable bonds is 9. The Bertz CT molecular complexity index is 839. The van der Waals surface area contributed by atoms with Gasteiger partial charge in [-0.1, -0.05) is 35.0 Å². The summed E-state index contributed by atoms with van der Waals surface area (Å²) in [7, 11) is 0. The minimum absolute atomic E-state index is 0.0545. The summed E-state index contributed by atoms with van der Waals surface area (Å²) >= 11 is 7.66. The highest BCUT2D eigenvalue weighted by atomic mass is 35.5. The molecule has 2 heterocycles. The van der Waals surface area contributed by atoms with Crippen molar-refractivity contribution in [1.82, 2.24) is 15.4 Å². The summed E-state index contributed by atoms with van der Waals surface area (Å²) in [5.74, 6) is 1.06. The number of carbonyl (C=O) groups is 2. The van der Waals surface area contributed by atoms with E-state index in [4.69, 9.17) is 16.1 Å². The van der Waals surface area contributed by atoms with E-state index in [0.29, 0.717) is 23.1 Å². The van der Waals surface area contributed by atoms with Crippen molar-refractivity contribution in [2.24, 2.45) is 0 Å². The Morgan fingerprint density at radius 2 is 1.97 bits per heavy atom. The largest absolute Gasteiger partial charge is 0.360 e. The fourth-order valence-corrected chi connectivity index (χ4v) is 4.25. The van der Waals surface area contributed by atoms with Crippen molar-refractivity contribution in [3.8, 4) is 0 Å². The third kappa shape index (κ3) is 6.48.